The molecular weight excluding hydrogens is 583 g/mol. The molecule has 5 rings (SSSR count). The number of halogens is 2. The quantitative estimate of drug-likeness (QED) is 0.208. The number of imidazole rings is 1. The van der Waals surface area contributed by atoms with Crippen LogP contribution in [0.5, 0.6) is 0 Å². The molecule has 0 saturated carbocycles. The first kappa shape index (κ1) is 28.5. The van der Waals surface area contributed by atoms with Gasteiger partial charge in [-0.3, -0.25) is 14.8 Å². The Labute approximate surface area is 249 Å². The number of aromatic amines is 1. The first-order valence-electron chi connectivity index (χ1n) is 12.5. The number of hydrogen-bond donors (Lipinski definition) is 3. The molecule has 0 aliphatic heterocycles. The summed E-state index contributed by atoms with van der Waals surface area (Å²) >= 11 is 12.8. The molecule has 0 bridgehead atoms. The molecule has 2 amide bonds. The summed E-state index contributed by atoms with van der Waals surface area (Å²) in [4.78, 5) is 32.5. The van der Waals surface area contributed by atoms with Gasteiger partial charge in [-0.05, 0) is 52.4 Å². The molecule has 15 heteroatoms. The summed E-state index contributed by atoms with van der Waals surface area (Å²) < 4.78 is 7.78. The van der Waals surface area contributed by atoms with Crippen molar-refractivity contribution in [1.82, 2.24) is 45.3 Å². The largest absolute Gasteiger partial charge is 0.453 e. The number of aromatic nitrogens is 8. The van der Waals surface area contributed by atoms with E-state index in [9.17, 15) is 9.59 Å². The second-order valence-corrected chi connectivity index (χ2v) is 9.87. The third-order valence-electron chi connectivity index (χ3n) is 6.11. The van der Waals surface area contributed by atoms with Crippen LogP contribution in [0.25, 0.3) is 23.0 Å². The van der Waals surface area contributed by atoms with Crippen molar-refractivity contribution in [2.24, 2.45) is 7.05 Å². The van der Waals surface area contributed by atoms with Crippen molar-refractivity contribution in [3.05, 3.63) is 94.4 Å². The van der Waals surface area contributed by atoms with E-state index in [1.54, 1.807) is 59.4 Å². The molecule has 42 heavy (non-hydrogen) atoms. The van der Waals surface area contributed by atoms with E-state index in [0.29, 0.717) is 50.6 Å². The maximum absolute atomic E-state index is 13.2. The minimum atomic E-state index is -0.576. The zero-order valence-electron chi connectivity index (χ0n) is 22.3. The van der Waals surface area contributed by atoms with Crippen molar-refractivity contribution in [2.45, 2.75) is 12.5 Å². The number of aryl methyl sites for hydroxylation is 1. The lowest BCUT2D eigenvalue weighted by molar-refractivity contribution is -0.117. The van der Waals surface area contributed by atoms with Crippen molar-refractivity contribution in [1.29, 1.82) is 0 Å². The molecular formula is C27H24Cl2N10O3. The van der Waals surface area contributed by atoms with Gasteiger partial charge >= 0.3 is 6.09 Å². The van der Waals surface area contributed by atoms with Gasteiger partial charge in [0.1, 0.15) is 23.0 Å². The Hall–Kier alpha value is -5.01. The van der Waals surface area contributed by atoms with E-state index < -0.39 is 12.1 Å². The van der Waals surface area contributed by atoms with Gasteiger partial charge in [0.2, 0.25) is 5.91 Å². The number of rotatable bonds is 9. The Morgan fingerprint density at radius 2 is 1.98 bits per heavy atom. The van der Waals surface area contributed by atoms with Crippen LogP contribution in [0, 0.1) is 0 Å². The van der Waals surface area contributed by atoms with Crippen molar-refractivity contribution in [2.75, 3.05) is 12.4 Å². The lowest BCUT2D eigenvalue weighted by Crippen LogP contribution is -2.29. The van der Waals surface area contributed by atoms with E-state index in [-0.39, 0.29) is 5.91 Å². The summed E-state index contributed by atoms with van der Waals surface area (Å²) in [5.41, 5.74) is 3.92. The van der Waals surface area contributed by atoms with Gasteiger partial charge in [-0.25, -0.2) is 9.78 Å². The maximum Gasteiger partial charge on any atom is 0.411 e. The number of carbonyl (C=O) groups is 2. The molecule has 0 spiro atoms. The van der Waals surface area contributed by atoms with E-state index in [2.05, 4.69) is 41.0 Å². The van der Waals surface area contributed by atoms with E-state index >= 15 is 0 Å². The van der Waals surface area contributed by atoms with Gasteiger partial charge in [-0.2, -0.15) is 9.78 Å². The highest BCUT2D eigenvalue weighted by atomic mass is 35.5. The molecule has 0 radical (unpaired) electrons. The molecule has 0 saturated heterocycles. The van der Waals surface area contributed by atoms with Crippen LogP contribution in [0.15, 0.2) is 67.3 Å². The molecule has 0 aliphatic carbocycles. The molecule has 0 fully saturated rings. The summed E-state index contributed by atoms with van der Waals surface area (Å²) in [5.74, 6) is 0.0772. The van der Waals surface area contributed by atoms with Crippen molar-refractivity contribution in [3.63, 3.8) is 0 Å². The highest BCUT2D eigenvalue weighted by molar-refractivity contribution is 6.32. The number of methoxy groups -OCH3 is 1. The highest BCUT2D eigenvalue weighted by Gasteiger charge is 2.22. The van der Waals surface area contributed by atoms with Gasteiger partial charge in [-0.1, -0.05) is 35.3 Å². The monoisotopic (exact) mass is 606 g/mol. The molecule has 214 valence electrons. The van der Waals surface area contributed by atoms with Gasteiger partial charge < -0.3 is 15.0 Å². The number of benzene rings is 2. The average Bonchev–Trinajstić information content (AvgIpc) is 3.74. The van der Waals surface area contributed by atoms with Crippen molar-refractivity contribution >= 4 is 47.0 Å². The number of amides is 2. The fraction of sp³-hybridized carbons (Fsp3) is 0.148. The topological polar surface area (TPSA) is 158 Å². The molecule has 3 aromatic heterocycles. The Bertz CT molecular complexity index is 1730. The van der Waals surface area contributed by atoms with E-state index in [1.165, 1.54) is 24.2 Å². The number of tetrazole rings is 1. The van der Waals surface area contributed by atoms with Gasteiger partial charge in [0.05, 0.1) is 25.0 Å². The number of ether oxygens (including phenoxy) is 1. The standard InChI is InChI=1S/C27H24Cl2N10O3/c1-38-14-16(13-31-38)11-21(26-34-24(25(29)35-26)17-3-7-20(8-4-17)32-27(41)42-2)33-23(40)10-5-18-12-19(28)6-9-22(18)39-15-30-36-37-39/h3-10,12-15,21H,11H2,1-2H3,(H,32,41)(H,33,40)(H,34,35)/b10-5+. The van der Waals surface area contributed by atoms with Crippen LogP contribution in [0.1, 0.15) is 23.0 Å². The number of nitrogens with one attached hydrogen (secondary N) is 3. The highest BCUT2D eigenvalue weighted by Crippen LogP contribution is 2.29. The number of nitrogens with zero attached hydrogens (tertiary/aromatic N) is 7. The SMILES string of the molecule is COC(=O)Nc1ccc(-c2nc(C(Cc3cnn(C)c3)NC(=O)/C=C/c3cc(Cl)ccc3-n3cnnn3)[nH]c2Cl)cc1. The molecule has 3 heterocycles. The van der Waals surface area contributed by atoms with E-state index in [4.69, 9.17) is 28.2 Å². The first-order chi connectivity index (χ1) is 20.3. The average molecular weight is 607 g/mol. The van der Waals surface area contributed by atoms with Crippen LogP contribution in [-0.2, 0) is 23.0 Å². The van der Waals surface area contributed by atoms with E-state index in [0.717, 1.165) is 5.56 Å². The van der Waals surface area contributed by atoms with E-state index in [1.807, 2.05) is 13.2 Å². The molecule has 1 unspecified atom stereocenters. The molecule has 3 N–H and O–H groups in total. The molecule has 13 nitrogen and oxygen atoms in total. The second-order valence-electron chi connectivity index (χ2n) is 9.06. The van der Waals surface area contributed by atoms with Crippen LogP contribution < -0.4 is 10.6 Å². The van der Waals surface area contributed by atoms with Gasteiger partial charge in [0.25, 0.3) is 0 Å². The van der Waals surface area contributed by atoms with Crippen LogP contribution in [-0.4, -0.2) is 59.1 Å². The molecule has 0 aliphatic rings. The van der Waals surface area contributed by atoms with Crippen LogP contribution in [0.4, 0.5) is 10.5 Å². The fourth-order valence-electron chi connectivity index (χ4n) is 4.16. The lowest BCUT2D eigenvalue weighted by Gasteiger charge is -2.15. The lowest BCUT2D eigenvalue weighted by atomic mass is 10.1. The number of H-pyrrole nitrogens is 1. The summed E-state index contributed by atoms with van der Waals surface area (Å²) in [6, 6.07) is 11.5. The summed E-state index contributed by atoms with van der Waals surface area (Å²) in [7, 11) is 3.10. The van der Waals surface area contributed by atoms with Gasteiger partial charge in [-0.15, -0.1) is 5.10 Å². The van der Waals surface area contributed by atoms with Crippen molar-refractivity contribution < 1.29 is 14.3 Å². The Balaban J connectivity index is 1.39. The van der Waals surface area contributed by atoms with Crippen LogP contribution in [0.3, 0.4) is 0 Å². The fourth-order valence-corrected chi connectivity index (χ4v) is 4.59. The minimum absolute atomic E-state index is 0.296. The smallest absolute Gasteiger partial charge is 0.411 e. The predicted molar refractivity (Wildman–Crippen MR) is 156 cm³/mol. The maximum atomic E-state index is 13.2. The van der Waals surface area contributed by atoms with Crippen LogP contribution >= 0.6 is 23.2 Å². The zero-order chi connectivity index (χ0) is 29.6. The third kappa shape index (κ3) is 6.82. The number of hydrogen-bond acceptors (Lipinski definition) is 8. The number of carbonyl (C=O) groups excluding carboxylic acids is 2. The Kier molecular flexibility index (Phi) is 8.60. The first-order valence-corrected chi connectivity index (χ1v) is 13.2. The second kappa shape index (κ2) is 12.7. The normalized spacial score (nSPS) is 11.9. The number of anilines is 1. The van der Waals surface area contributed by atoms with Gasteiger partial charge in [0, 0.05) is 47.6 Å². The Morgan fingerprint density at radius 3 is 2.67 bits per heavy atom. The molecule has 1 atom stereocenters. The third-order valence-corrected chi connectivity index (χ3v) is 6.62. The summed E-state index contributed by atoms with van der Waals surface area (Å²) in [6.07, 6.45) is 7.87. The van der Waals surface area contributed by atoms with Crippen molar-refractivity contribution in [3.8, 4) is 16.9 Å². The summed E-state index contributed by atoms with van der Waals surface area (Å²) in [5, 5.41) is 21.9. The molecule has 5 aromatic rings. The molecule has 2 aromatic carbocycles. The predicted octanol–water partition coefficient (Wildman–Crippen LogP) is 4.38. The van der Waals surface area contributed by atoms with Gasteiger partial charge in [0.15, 0.2) is 0 Å². The minimum Gasteiger partial charge on any atom is -0.453 e. The van der Waals surface area contributed by atoms with Crippen LogP contribution in [0.2, 0.25) is 10.2 Å². The zero-order valence-corrected chi connectivity index (χ0v) is 23.8. The summed E-state index contributed by atoms with van der Waals surface area (Å²) in [6.45, 7) is 0. The Morgan fingerprint density at radius 1 is 1.17 bits per heavy atom.